The monoisotopic (exact) mass is 292 g/mol. The van der Waals surface area contributed by atoms with E-state index in [1.54, 1.807) is 0 Å². The van der Waals surface area contributed by atoms with Crippen molar-refractivity contribution < 1.29 is 18.0 Å². The summed E-state index contributed by atoms with van der Waals surface area (Å²) < 4.78 is 38.9. The van der Waals surface area contributed by atoms with Gasteiger partial charge in [-0.3, -0.25) is 4.79 Å². The van der Waals surface area contributed by atoms with E-state index in [0.29, 0.717) is 12.3 Å². The number of hydrogen-bond donors (Lipinski definition) is 2. The number of benzene rings is 1. The normalized spacial score (nSPS) is 12.3. The molecule has 0 heterocycles. The number of halogens is 3. The first kappa shape index (κ1) is 15.8. The van der Waals surface area contributed by atoms with Crippen LogP contribution in [-0.4, -0.2) is 24.0 Å². The molecule has 0 fully saturated rings. The van der Waals surface area contributed by atoms with Gasteiger partial charge in [0.2, 0.25) is 5.91 Å². The average Bonchev–Trinajstić information content (AvgIpc) is 2.39. The Hall–Kier alpha value is -1.21. The van der Waals surface area contributed by atoms with E-state index >= 15 is 0 Å². The maximum Gasteiger partial charge on any atom is 0.234 e. The first-order valence-corrected chi connectivity index (χ1v) is 6.82. The molecular formula is C12H15F3N2OS. The predicted octanol–water partition coefficient (Wildman–Crippen LogP) is 2.37. The summed E-state index contributed by atoms with van der Waals surface area (Å²) >= 11 is 1.34. The van der Waals surface area contributed by atoms with Crippen molar-refractivity contribution >= 4 is 23.4 Å². The Morgan fingerprint density at radius 3 is 2.68 bits per heavy atom. The van der Waals surface area contributed by atoms with Crippen molar-refractivity contribution in [3.05, 3.63) is 29.6 Å². The fourth-order valence-corrected chi connectivity index (χ4v) is 2.14. The minimum atomic E-state index is -1.60. The van der Waals surface area contributed by atoms with E-state index in [9.17, 15) is 18.0 Å². The van der Waals surface area contributed by atoms with Gasteiger partial charge < -0.3 is 11.1 Å². The minimum Gasteiger partial charge on any atom is -0.330 e. The van der Waals surface area contributed by atoms with Crippen molar-refractivity contribution in [3.63, 3.8) is 0 Å². The van der Waals surface area contributed by atoms with E-state index in [1.807, 2.05) is 6.92 Å². The van der Waals surface area contributed by atoms with Crippen molar-refractivity contribution in [3.8, 4) is 0 Å². The lowest BCUT2D eigenvalue weighted by Crippen LogP contribution is -2.18. The van der Waals surface area contributed by atoms with E-state index in [2.05, 4.69) is 5.32 Å². The maximum atomic E-state index is 13.3. The molecule has 0 aliphatic carbocycles. The zero-order chi connectivity index (χ0) is 14.4. The zero-order valence-corrected chi connectivity index (χ0v) is 11.2. The fourth-order valence-electron chi connectivity index (χ4n) is 1.23. The topological polar surface area (TPSA) is 55.1 Å². The number of thioether (sulfide) groups is 1. The molecule has 106 valence electrons. The Kier molecular flexibility index (Phi) is 6.17. The molecule has 7 heteroatoms. The second kappa shape index (κ2) is 7.40. The van der Waals surface area contributed by atoms with Crippen molar-refractivity contribution in [1.82, 2.24) is 0 Å². The Labute approximate surface area is 113 Å². The predicted molar refractivity (Wildman–Crippen MR) is 70.5 cm³/mol. The Bertz CT molecular complexity index is 457. The largest absolute Gasteiger partial charge is 0.330 e. The average molecular weight is 292 g/mol. The van der Waals surface area contributed by atoms with E-state index in [0.717, 1.165) is 12.1 Å². The van der Waals surface area contributed by atoms with Gasteiger partial charge in [0.05, 0.1) is 11.4 Å². The summed E-state index contributed by atoms with van der Waals surface area (Å²) in [5, 5.41) is 2.20. The molecule has 3 N–H and O–H groups in total. The minimum absolute atomic E-state index is 0.1000. The molecular weight excluding hydrogens is 277 g/mol. The van der Waals surface area contributed by atoms with E-state index < -0.39 is 23.4 Å². The van der Waals surface area contributed by atoms with Crippen LogP contribution < -0.4 is 11.1 Å². The van der Waals surface area contributed by atoms with Gasteiger partial charge in [0.25, 0.3) is 0 Å². The van der Waals surface area contributed by atoms with Crippen LogP contribution in [0.4, 0.5) is 18.9 Å². The highest BCUT2D eigenvalue weighted by Crippen LogP contribution is 2.20. The van der Waals surface area contributed by atoms with Gasteiger partial charge >= 0.3 is 0 Å². The molecule has 0 radical (unpaired) electrons. The number of rotatable bonds is 6. The molecule has 1 unspecified atom stereocenters. The van der Waals surface area contributed by atoms with Crippen LogP contribution in [0.15, 0.2) is 12.1 Å². The van der Waals surface area contributed by atoms with Gasteiger partial charge in [0.1, 0.15) is 0 Å². The lowest BCUT2D eigenvalue weighted by atomic mass is 10.2. The smallest absolute Gasteiger partial charge is 0.234 e. The van der Waals surface area contributed by atoms with Gasteiger partial charge in [-0.1, -0.05) is 6.92 Å². The molecule has 1 rings (SSSR count). The Balaban J connectivity index is 2.51. The summed E-state index contributed by atoms with van der Waals surface area (Å²) in [6, 6.07) is 1.75. The molecule has 1 aromatic carbocycles. The molecule has 0 aliphatic heterocycles. The standard InChI is InChI=1S/C12H15F3N2OS/c1-7(4-16)5-19-6-10(18)17-9-3-2-8(13)11(14)12(9)15/h2-3,7H,4-6,16H2,1H3,(H,17,18). The summed E-state index contributed by atoms with van der Waals surface area (Å²) in [6.07, 6.45) is 0. The molecule has 19 heavy (non-hydrogen) atoms. The molecule has 1 aromatic rings. The van der Waals surface area contributed by atoms with Crippen LogP contribution in [0.25, 0.3) is 0 Å². The SMILES string of the molecule is CC(CN)CSCC(=O)Nc1ccc(F)c(F)c1F. The van der Waals surface area contributed by atoms with Crippen LogP contribution in [0.2, 0.25) is 0 Å². The molecule has 0 aliphatic rings. The van der Waals surface area contributed by atoms with Crippen molar-refractivity contribution in [2.75, 3.05) is 23.4 Å². The molecule has 0 bridgehead atoms. The maximum absolute atomic E-state index is 13.3. The van der Waals surface area contributed by atoms with Crippen molar-refractivity contribution in [1.29, 1.82) is 0 Å². The first-order chi connectivity index (χ1) is 8.95. The van der Waals surface area contributed by atoms with E-state index in [4.69, 9.17) is 5.73 Å². The Morgan fingerprint density at radius 2 is 2.05 bits per heavy atom. The summed E-state index contributed by atoms with van der Waals surface area (Å²) in [5.41, 5.74) is 5.06. The lowest BCUT2D eigenvalue weighted by molar-refractivity contribution is -0.113. The summed E-state index contributed by atoms with van der Waals surface area (Å²) in [5.74, 6) is -3.68. The van der Waals surface area contributed by atoms with Crippen molar-refractivity contribution in [2.45, 2.75) is 6.92 Å². The number of carbonyl (C=O) groups is 1. The Morgan fingerprint density at radius 1 is 1.37 bits per heavy atom. The van der Waals surface area contributed by atoms with E-state index in [-0.39, 0.29) is 17.4 Å². The second-order valence-electron chi connectivity index (χ2n) is 4.13. The van der Waals surface area contributed by atoms with Gasteiger partial charge in [-0.2, -0.15) is 11.8 Å². The quantitative estimate of drug-likeness (QED) is 0.791. The third-order valence-electron chi connectivity index (χ3n) is 2.35. The number of nitrogens with two attached hydrogens (primary N) is 1. The number of amides is 1. The number of anilines is 1. The highest BCUT2D eigenvalue weighted by Gasteiger charge is 2.15. The lowest BCUT2D eigenvalue weighted by Gasteiger charge is -2.09. The molecule has 1 amide bonds. The highest BCUT2D eigenvalue weighted by atomic mass is 32.2. The zero-order valence-electron chi connectivity index (χ0n) is 10.4. The van der Waals surface area contributed by atoms with Gasteiger partial charge in [-0.25, -0.2) is 13.2 Å². The molecule has 3 nitrogen and oxygen atoms in total. The number of nitrogens with one attached hydrogen (secondary N) is 1. The molecule has 0 saturated carbocycles. The molecule has 1 atom stereocenters. The molecule has 0 saturated heterocycles. The van der Waals surface area contributed by atoms with Crippen LogP contribution in [0.5, 0.6) is 0 Å². The van der Waals surface area contributed by atoms with Crippen LogP contribution in [0.3, 0.4) is 0 Å². The highest BCUT2D eigenvalue weighted by molar-refractivity contribution is 7.99. The van der Waals surface area contributed by atoms with Gasteiger partial charge in [-0.15, -0.1) is 0 Å². The van der Waals surface area contributed by atoms with E-state index in [1.165, 1.54) is 11.8 Å². The molecule has 0 aromatic heterocycles. The van der Waals surface area contributed by atoms with Crippen LogP contribution in [0, 0.1) is 23.4 Å². The number of hydrogen-bond acceptors (Lipinski definition) is 3. The summed E-state index contributed by atoms with van der Waals surface area (Å²) in [4.78, 5) is 11.5. The summed E-state index contributed by atoms with van der Waals surface area (Å²) in [7, 11) is 0. The first-order valence-electron chi connectivity index (χ1n) is 5.66. The fraction of sp³-hybridized carbons (Fsp3) is 0.417. The third kappa shape index (κ3) is 4.76. The number of carbonyl (C=O) groups excluding carboxylic acids is 1. The third-order valence-corrected chi connectivity index (χ3v) is 3.62. The van der Waals surface area contributed by atoms with Crippen LogP contribution in [0.1, 0.15) is 6.92 Å². The molecule has 0 spiro atoms. The van der Waals surface area contributed by atoms with Crippen molar-refractivity contribution in [2.24, 2.45) is 11.7 Å². The van der Waals surface area contributed by atoms with Gasteiger partial charge in [0, 0.05) is 0 Å². The second-order valence-corrected chi connectivity index (χ2v) is 5.16. The van der Waals surface area contributed by atoms with Crippen LogP contribution >= 0.6 is 11.8 Å². The summed E-state index contributed by atoms with van der Waals surface area (Å²) in [6.45, 7) is 2.46. The van der Waals surface area contributed by atoms with Gasteiger partial charge in [0.15, 0.2) is 17.5 Å². The van der Waals surface area contributed by atoms with Crippen LogP contribution in [-0.2, 0) is 4.79 Å². The van der Waals surface area contributed by atoms with Gasteiger partial charge in [-0.05, 0) is 30.3 Å².